The summed E-state index contributed by atoms with van der Waals surface area (Å²) in [5.41, 5.74) is 14.0. The van der Waals surface area contributed by atoms with E-state index in [1.807, 2.05) is 0 Å². The zero-order chi connectivity index (χ0) is 24.6. The standard InChI is InChI=1S/C34H30O/c1-11-13(3)22-15(5)17(7)24-19(9)33-32-31-29(24)27(22)26-21(11)12(2)14(4)23-16(6)18(8)25(30(31)28(23)26)20(10)34(32)35-33/h1-10H3. The number of hydrogen-bond donors (Lipinski definition) is 0. The van der Waals surface area contributed by atoms with E-state index in [4.69, 9.17) is 4.74 Å². The first-order chi connectivity index (χ1) is 16.6. The molecule has 7 aromatic carbocycles. The lowest BCUT2D eigenvalue weighted by atomic mass is 9.73. The Hall–Kier alpha value is -3.32. The summed E-state index contributed by atoms with van der Waals surface area (Å²) < 4.78 is 6.51. The summed E-state index contributed by atoms with van der Waals surface area (Å²) in [6, 6.07) is 0. The first kappa shape index (κ1) is 19.9. The molecule has 7 aromatic rings. The first-order valence-corrected chi connectivity index (χ1v) is 12.9. The molecule has 0 saturated carbocycles. The minimum Gasteiger partial charge on any atom is -0.455 e. The second-order valence-corrected chi connectivity index (χ2v) is 11.5. The molecule has 0 atom stereocenters. The minimum atomic E-state index is 1.10. The molecule has 1 heteroatoms. The average Bonchev–Trinajstić information content (AvgIpc) is 2.79. The predicted octanol–water partition coefficient (Wildman–Crippen LogP) is 10.1. The van der Waals surface area contributed by atoms with Crippen molar-refractivity contribution in [2.45, 2.75) is 69.2 Å². The van der Waals surface area contributed by atoms with Crippen LogP contribution in [0.5, 0.6) is 11.5 Å². The molecular formula is C34H30O. The quantitative estimate of drug-likeness (QED) is 0.164. The van der Waals surface area contributed by atoms with Crippen LogP contribution in [0.4, 0.5) is 0 Å². The van der Waals surface area contributed by atoms with Crippen LogP contribution in [0.1, 0.15) is 55.6 Å². The maximum absolute atomic E-state index is 6.51. The van der Waals surface area contributed by atoms with E-state index in [0.29, 0.717) is 0 Å². The summed E-state index contributed by atoms with van der Waals surface area (Å²) >= 11 is 0. The van der Waals surface area contributed by atoms with Crippen LogP contribution in [0.25, 0.3) is 64.6 Å². The van der Waals surface area contributed by atoms with Gasteiger partial charge in [-0.3, -0.25) is 0 Å². The molecule has 1 heterocycles. The Morgan fingerprint density at radius 1 is 0.229 bits per heavy atom. The molecule has 0 aliphatic carbocycles. The molecule has 0 spiro atoms. The molecular weight excluding hydrogens is 424 g/mol. The fourth-order valence-electron chi connectivity index (χ4n) is 8.27. The van der Waals surface area contributed by atoms with E-state index in [2.05, 4.69) is 69.2 Å². The normalized spacial score (nSPS) is 13.7. The Kier molecular flexibility index (Phi) is 3.17. The topological polar surface area (TPSA) is 9.23 Å². The van der Waals surface area contributed by atoms with E-state index in [1.165, 1.54) is 120 Å². The fourth-order valence-corrected chi connectivity index (χ4v) is 8.27. The van der Waals surface area contributed by atoms with Gasteiger partial charge in [-0.2, -0.15) is 0 Å². The predicted molar refractivity (Wildman–Crippen MR) is 152 cm³/mol. The molecule has 1 aliphatic rings. The van der Waals surface area contributed by atoms with Gasteiger partial charge in [0.05, 0.1) is 5.39 Å². The van der Waals surface area contributed by atoms with Crippen molar-refractivity contribution in [2.75, 3.05) is 0 Å². The lowest BCUT2D eigenvalue weighted by molar-refractivity contribution is 0.456. The number of rotatable bonds is 0. The second kappa shape index (κ2) is 5.57. The maximum atomic E-state index is 6.51. The lowest BCUT2D eigenvalue weighted by Gasteiger charge is -2.34. The van der Waals surface area contributed by atoms with Crippen molar-refractivity contribution in [3.63, 3.8) is 0 Å². The van der Waals surface area contributed by atoms with Crippen LogP contribution in [0.2, 0.25) is 0 Å². The van der Waals surface area contributed by atoms with Crippen molar-refractivity contribution in [3.05, 3.63) is 55.6 Å². The molecule has 0 N–H and O–H groups in total. The van der Waals surface area contributed by atoms with Crippen LogP contribution in [0.15, 0.2) is 0 Å². The molecule has 1 nitrogen and oxygen atoms in total. The Labute approximate surface area is 205 Å². The van der Waals surface area contributed by atoms with Crippen LogP contribution in [0, 0.1) is 69.2 Å². The third kappa shape index (κ3) is 1.73. The average molecular weight is 455 g/mol. The SMILES string of the molecule is Cc1c(C)c2c(C)c(C)c3c(C)c4c5c(c(C)c6c(C)c(C)c7c(C)c(C)c1c1c2c3c5c6c71)O4. The highest BCUT2D eigenvalue weighted by Crippen LogP contribution is 2.62. The monoisotopic (exact) mass is 454 g/mol. The largest absolute Gasteiger partial charge is 0.455 e. The number of benzene rings is 7. The van der Waals surface area contributed by atoms with E-state index in [1.54, 1.807) is 0 Å². The van der Waals surface area contributed by atoms with Crippen LogP contribution in [-0.4, -0.2) is 0 Å². The zero-order valence-corrected chi connectivity index (χ0v) is 22.4. The van der Waals surface area contributed by atoms with E-state index in [9.17, 15) is 0 Å². The summed E-state index contributed by atoms with van der Waals surface area (Å²) in [5, 5.41) is 17.5. The molecule has 0 aromatic heterocycles. The van der Waals surface area contributed by atoms with Gasteiger partial charge >= 0.3 is 0 Å². The Balaban J connectivity index is 1.99. The number of hydrogen-bond acceptors (Lipinski definition) is 1. The van der Waals surface area contributed by atoms with Crippen LogP contribution < -0.4 is 4.74 Å². The summed E-state index contributed by atoms with van der Waals surface area (Å²) in [6.45, 7) is 23.3. The highest BCUT2D eigenvalue weighted by molar-refractivity contribution is 6.48. The van der Waals surface area contributed by atoms with Crippen LogP contribution in [-0.2, 0) is 0 Å². The highest BCUT2D eigenvalue weighted by Gasteiger charge is 2.35. The Morgan fingerprint density at radius 2 is 0.429 bits per heavy atom. The van der Waals surface area contributed by atoms with Gasteiger partial charge in [0.1, 0.15) is 11.5 Å². The minimum absolute atomic E-state index is 1.10. The van der Waals surface area contributed by atoms with E-state index in [-0.39, 0.29) is 0 Å². The van der Waals surface area contributed by atoms with Crippen molar-refractivity contribution < 1.29 is 4.74 Å². The molecule has 0 fully saturated rings. The number of ether oxygens (including phenoxy) is 1. The molecule has 1 aliphatic heterocycles. The molecule has 35 heavy (non-hydrogen) atoms. The van der Waals surface area contributed by atoms with Gasteiger partial charge in [-0.1, -0.05) is 0 Å². The van der Waals surface area contributed by atoms with Gasteiger partial charge in [-0.25, -0.2) is 0 Å². The summed E-state index contributed by atoms with van der Waals surface area (Å²) in [4.78, 5) is 0. The molecule has 0 saturated heterocycles. The Morgan fingerprint density at radius 3 is 0.686 bits per heavy atom. The van der Waals surface area contributed by atoms with Crippen molar-refractivity contribution in [3.8, 4) is 11.5 Å². The fraction of sp³-hybridized carbons (Fsp3) is 0.294. The first-order valence-electron chi connectivity index (χ1n) is 12.9. The molecule has 172 valence electrons. The third-order valence-electron chi connectivity index (χ3n) is 10.3. The molecule has 0 unspecified atom stereocenters. The van der Waals surface area contributed by atoms with E-state index in [0.717, 1.165) is 11.5 Å². The van der Waals surface area contributed by atoms with Gasteiger partial charge in [0, 0.05) is 16.5 Å². The molecule has 0 bridgehead atoms. The van der Waals surface area contributed by atoms with Gasteiger partial charge in [-0.15, -0.1) is 0 Å². The van der Waals surface area contributed by atoms with Crippen molar-refractivity contribution in [1.82, 2.24) is 0 Å². The number of aryl methyl sites for hydroxylation is 10. The molecule has 0 amide bonds. The van der Waals surface area contributed by atoms with E-state index >= 15 is 0 Å². The van der Waals surface area contributed by atoms with Crippen molar-refractivity contribution >= 4 is 64.6 Å². The van der Waals surface area contributed by atoms with Gasteiger partial charge < -0.3 is 4.74 Å². The summed E-state index contributed by atoms with van der Waals surface area (Å²) in [6.07, 6.45) is 0. The molecule has 0 radical (unpaired) electrons. The van der Waals surface area contributed by atoms with Crippen LogP contribution in [0.3, 0.4) is 0 Å². The second-order valence-electron chi connectivity index (χ2n) is 11.5. The van der Waals surface area contributed by atoms with Gasteiger partial charge in [0.15, 0.2) is 0 Å². The van der Waals surface area contributed by atoms with Gasteiger partial charge in [0.25, 0.3) is 0 Å². The highest BCUT2D eigenvalue weighted by atomic mass is 16.5. The molecule has 8 rings (SSSR count). The van der Waals surface area contributed by atoms with Gasteiger partial charge in [0.2, 0.25) is 0 Å². The van der Waals surface area contributed by atoms with Crippen molar-refractivity contribution in [2.24, 2.45) is 0 Å². The maximum Gasteiger partial charge on any atom is 0.142 e. The summed E-state index contributed by atoms with van der Waals surface area (Å²) in [7, 11) is 0. The zero-order valence-electron chi connectivity index (χ0n) is 22.4. The van der Waals surface area contributed by atoms with Crippen molar-refractivity contribution in [1.29, 1.82) is 0 Å². The summed E-state index contributed by atoms with van der Waals surface area (Å²) in [5.74, 6) is 2.21. The smallest absolute Gasteiger partial charge is 0.142 e. The third-order valence-corrected chi connectivity index (χ3v) is 10.3. The van der Waals surface area contributed by atoms with Crippen LogP contribution >= 0.6 is 0 Å². The van der Waals surface area contributed by atoms with E-state index < -0.39 is 0 Å². The lowest BCUT2D eigenvalue weighted by Crippen LogP contribution is -2.10. The Bertz CT molecular complexity index is 1990. The van der Waals surface area contributed by atoms with Gasteiger partial charge in [-0.05, 0) is 168 Å².